The molecule has 15 rings (SSSR count). The molecular formula is C64H37N3O2S. The minimum atomic E-state index is -0.507. The lowest BCUT2D eigenvalue weighted by atomic mass is 9.67. The second kappa shape index (κ2) is 15.0. The predicted molar refractivity (Wildman–Crippen MR) is 286 cm³/mol. The summed E-state index contributed by atoms with van der Waals surface area (Å²) < 4.78 is 15.5. The summed E-state index contributed by atoms with van der Waals surface area (Å²) in [6, 6.07) is 79.9. The van der Waals surface area contributed by atoms with Crippen molar-refractivity contribution in [3.05, 3.63) is 247 Å². The van der Waals surface area contributed by atoms with Crippen molar-refractivity contribution in [1.82, 2.24) is 15.0 Å². The average molecular weight is 912 g/mol. The standard InChI is InChI=1S/C64H37N3O2S/c1-3-16-40(17-4-1)64(41-18-5-2-6-19-41)50-26-10-7-21-45(50)58-42(23-13-27-51(58)64)38-33-35-53-49(36-38)59-47(24-14-29-54(59)68-53)62-65-61(39-32-34-44-43-20-8-11-28-52(43)69-55(44)37-39)66-63(67-62)48-25-15-31-57-60(48)46-22-9-12-30-56(46)70-57/h1-37H. The van der Waals surface area contributed by atoms with Crippen LogP contribution in [0.5, 0.6) is 0 Å². The molecule has 0 bridgehead atoms. The van der Waals surface area contributed by atoms with Crippen molar-refractivity contribution in [1.29, 1.82) is 0 Å². The van der Waals surface area contributed by atoms with Gasteiger partial charge in [-0.05, 0) is 93.0 Å². The number of aromatic nitrogens is 3. The Morgan fingerprint density at radius 2 is 0.886 bits per heavy atom. The van der Waals surface area contributed by atoms with Crippen LogP contribution in [0.15, 0.2) is 233 Å². The summed E-state index contributed by atoms with van der Waals surface area (Å²) in [6.45, 7) is 0. The Labute approximate surface area is 405 Å². The second-order valence-electron chi connectivity index (χ2n) is 18.1. The lowest BCUT2D eigenvalue weighted by Crippen LogP contribution is -2.28. The molecule has 0 saturated heterocycles. The third kappa shape index (κ3) is 5.62. The van der Waals surface area contributed by atoms with Crippen LogP contribution in [0.4, 0.5) is 0 Å². The number of fused-ring (bicyclic) bond motifs is 12. The van der Waals surface area contributed by atoms with E-state index in [4.69, 9.17) is 23.8 Å². The smallest absolute Gasteiger partial charge is 0.164 e. The molecule has 0 fully saturated rings. The number of benzene rings is 10. The van der Waals surface area contributed by atoms with Gasteiger partial charge in [0.1, 0.15) is 22.3 Å². The number of hydrogen-bond acceptors (Lipinski definition) is 6. The van der Waals surface area contributed by atoms with Crippen molar-refractivity contribution in [2.45, 2.75) is 5.41 Å². The monoisotopic (exact) mass is 911 g/mol. The van der Waals surface area contributed by atoms with E-state index in [1.165, 1.54) is 48.2 Å². The Morgan fingerprint density at radius 3 is 1.71 bits per heavy atom. The Balaban J connectivity index is 0.958. The molecule has 0 aliphatic heterocycles. The highest BCUT2D eigenvalue weighted by Gasteiger charge is 2.46. The summed E-state index contributed by atoms with van der Waals surface area (Å²) in [5.41, 5.74) is 15.1. The molecule has 1 aliphatic carbocycles. The second-order valence-corrected chi connectivity index (χ2v) is 19.2. The lowest BCUT2D eigenvalue weighted by molar-refractivity contribution is 0.668. The molecule has 4 heterocycles. The van der Waals surface area contributed by atoms with Gasteiger partial charge in [0.2, 0.25) is 0 Å². The molecule has 0 atom stereocenters. The number of rotatable bonds is 6. The van der Waals surface area contributed by atoms with Gasteiger partial charge < -0.3 is 8.83 Å². The maximum Gasteiger partial charge on any atom is 0.164 e. The van der Waals surface area contributed by atoms with Crippen LogP contribution in [0, 0.1) is 0 Å². The Kier molecular flexibility index (Phi) is 8.38. The number of hydrogen-bond donors (Lipinski definition) is 0. The minimum absolute atomic E-state index is 0.507. The van der Waals surface area contributed by atoms with Crippen LogP contribution in [-0.2, 0) is 5.41 Å². The van der Waals surface area contributed by atoms with E-state index < -0.39 is 5.41 Å². The summed E-state index contributed by atoms with van der Waals surface area (Å²) in [4.78, 5) is 16.1. The van der Waals surface area contributed by atoms with Gasteiger partial charge in [-0.2, -0.15) is 0 Å². The highest BCUT2D eigenvalue weighted by atomic mass is 32.1. The van der Waals surface area contributed by atoms with E-state index in [9.17, 15) is 0 Å². The van der Waals surface area contributed by atoms with Gasteiger partial charge in [0.15, 0.2) is 17.5 Å². The summed E-state index contributed by atoms with van der Waals surface area (Å²) in [7, 11) is 0. The van der Waals surface area contributed by atoms with Gasteiger partial charge in [-0.3, -0.25) is 0 Å². The molecule has 0 saturated carbocycles. The zero-order valence-corrected chi connectivity index (χ0v) is 38.2. The van der Waals surface area contributed by atoms with E-state index in [2.05, 4.69) is 194 Å². The maximum atomic E-state index is 6.72. The molecule has 0 N–H and O–H groups in total. The highest BCUT2D eigenvalue weighted by Crippen LogP contribution is 2.58. The topological polar surface area (TPSA) is 65.0 Å². The number of thiophene rings is 1. The van der Waals surface area contributed by atoms with Crippen LogP contribution in [-0.4, -0.2) is 15.0 Å². The molecule has 0 radical (unpaired) electrons. The quantitative estimate of drug-likeness (QED) is 0.166. The van der Waals surface area contributed by atoms with Crippen molar-refractivity contribution in [3.63, 3.8) is 0 Å². The van der Waals surface area contributed by atoms with Crippen LogP contribution in [0.25, 0.3) is 120 Å². The number of para-hydroxylation sites is 1. The fourth-order valence-corrected chi connectivity index (χ4v) is 12.6. The van der Waals surface area contributed by atoms with E-state index in [1.54, 1.807) is 11.3 Å². The first-order valence-corrected chi connectivity index (χ1v) is 24.4. The third-order valence-electron chi connectivity index (χ3n) is 14.4. The maximum absolute atomic E-state index is 6.72. The minimum Gasteiger partial charge on any atom is -0.456 e. The van der Waals surface area contributed by atoms with Crippen LogP contribution < -0.4 is 0 Å². The normalized spacial score (nSPS) is 13.0. The van der Waals surface area contributed by atoms with E-state index in [1.807, 2.05) is 30.3 Å². The van der Waals surface area contributed by atoms with Crippen molar-refractivity contribution >= 4 is 75.4 Å². The van der Waals surface area contributed by atoms with Crippen LogP contribution in [0.2, 0.25) is 0 Å². The van der Waals surface area contributed by atoms with Crippen molar-refractivity contribution in [2.24, 2.45) is 0 Å². The van der Waals surface area contributed by atoms with Gasteiger partial charge in [-0.1, -0.05) is 176 Å². The lowest BCUT2D eigenvalue weighted by Gasteiger charge is -2.34. The molecule has 1 aliphatic rings. The van der Waals surface area contributed by atoms with Gasteiger partial charge >= 0.3 is 0 Å². The average Bonchev–Trinajstić information content (AvgIpc) is 4.19. The Morgan fingerprint density at radius 1 is 0.329 bits per heavy atom. The first-order chi connectivity index (χ1) is 34.7. The molecule has 5 nitrogen and oxygen atoms in total. The van der Waals surface area contributed by atoms with Crippen LogP contribution in [0.1, 0.15) is 22.3 Å². The summed E-state index contributed by atoms with van der Waals surface area (Å²) in [6.07, 6.45) is 0. The predicted octanol–water partition coefficient (Wildman–Crippen LogP) is 17.1. The number of furan rings is 2. The summed E-state index contributed by atoms with van der Waals surface area (Å²) >= 11 is 1.78. The van der Waals surface area contributed by atoms with Crippen molar-refractivity contribution < 1.29 is 8.83 Å². The Hall–Kier alpha value is -8.97. The molecule has 0 amide bonds. The molecule has 6 heteroatoms. The van der Waals surface area contributed by atoms with Crippen molar-refractivity contribution in [2.75, 3.05) is 0 Å². The molecule has 4 aromatic heterocycles. The number of nitrogens with zero attached hydrogens (tertiary/aromatic N) is 3. The molecule has 326 valence electrons. The molecule has 70 heavy (non-hydrogen) atoms. The molecule has 10 aromatic carbocycles. The fraction of sp³-hybridized carbons (Fsp3) is 0.0156. The van der Waals surface area contributed by atoms with Crippen LogP contribution >= 0.6 is 11.3 Å². The van der Waals surface area contributed by atoms with Gasteiger partial charge in [-0.15, -0.1) is 11.3 Å². The van der Waals surface area contributed by atoms with Gasteiger partial charge in [0, 0.05) is 58.4 Å². The highest BCUT2D eigenvalue weighted by molar-refractivity contribution is 7.25. The van der Waals surface area contributed by atoms with E-state index in [0.29, 0.717) is 17.5 Å². The molecule has 14 aromatic rings. The third-order valence-corrected chi connectivity index (χ3v) is 15.6. The van der Waals surface area contributed by atoms with E-state index in [-0.39, 0.29) is 0 Å². The van der Waals surface area contributed by atoms with Gasteiger partial charge in [0.05, 0.1) is 5.41 Å². The zero-order valence-electron chi connectivity index (χ0n) is 37.4. The fourth-order valence-electron chi connectivity index (χ4n) is 11.5. The molecular weight excluding hydrogens is 875 g/mol. The van der Waals surface area contributed by atoms with Gasteiger partial charge in [0.25, 0.3) is 0 Å². The molecule has 0 spiro atoms. The zero-order chi connectivity index (χ0) is 45.9. The summed E-state index contributed by atoms with van der Waals surface area (Å²) in [5, 5.41) is 6.38. The van der Waals surface area contributed by atoms with E-state index in [0.717, 1.165) is 77.1 Å². The summed E-state index contributed by atoms with van der Waals surface area (Å²) in [5.74, 6) is 1.72. The SMILES string of the molecule is c1ccc(C2(c3ccccc3)c3ccccc3-c3c(-c4ccc5oc6cccc(-c7nc(-c8ccc9c(c8)oc8ccccc89)nc(-c8cccc9sc%10ccccc%10c89)n7)c6c5c4)cccc32)cc1. The Bertz CT molecular complexity index is 4390. The van der Waals surface area contributed by atoms with E-state index >= 15 is 0 Å². The first-order valence-electron chi connectivity index (χ1n) is 23.6. The van der Waals surface area contributed by atoms with Crippen molar-refractivity contribution in [3.8, 4) is 56.4 Å². The van der Waals surface area contributed by atoms with Crippen LogP contribution in [0.3, 0.4) is 0 Å². The molecule has 0 unspecified atom stereocenters. The van der Waals surface area contributed by atoms with Gasteiger partial charge in [-0.25, -0.2) is 15.0 Å². The largest absolute Gasteiger partial charge is 0.456 e. The first kappa shape index (κ1) is 39.1.